The lowest BCUT2D eigenvalue weighted by Gasteiger charge is -2.20. The maximum Gasteiger partial charge on any atom is 0.418 e. The molecule has 0 unspecified atom stereocenters. The van der Waals surface area contributed by atoms with Gasteiger partial charge in [0.25, 0.3) is 5.56 Å². The maximum atomic E-state index is 13.1. The maximum absolute atomic E-state index is 13.1. The number of nitrogens with one attached hydrogen (secondary N) is 2. The van der Waals surface area contributed by atoms with E-state index in [1.165, 1.54) is 14.1 Å². The first-order valence-electron chi connectivity index (χ1n) is 6.36. The van der Waals surface area contributed by atoms with Crippen molar-refractivity contribution in [3.05, 3.63) is 38.5 Å². The van der Waals surface area contributed by atoms with Crippen LogP contribution in [-0.2, 0) is 16.2 Å². The number of aromatic amines is 1. The lowest BCUT2D eigenvalue weighted by molar-refractivity contribution is -0.137. The van der Waals surface area contributed by atoms with Crippen molar-refractivity contribution in [3.63, 3.8) is 0 Å². The summed E-state index contributed by atoms with van der Waals surface area (Å²) in [6.07, 6.45) is -3.98. The molecule has 8 nitrogen and oxygen atoms in total. The monoisotopic (exact) mass is 366 g/mol. The molecular formula is C12H13F3N4O4S. The highest BCUT2D eigenvalue weighted by Gasteiger charge is 2.35. The lowest BCUT2D eigenvalue weighted by atomic mass is 10.1. The van der Waals surface area contributed by atoms with Crippen LogP contribution in [0.5, 0.6) is 0 Å². The quantitative estimate of drug-likeness (QED) is 0.812. The van der Waals surface area contributed by atoms with E-state index < -0.39 is 33.0 Å². The van der Waals surface area contributed by atoms with Gasteiger partial charge in [-0.15, -0.1) is 0 Å². The summed E-state index contributed by atoms with van der Waals surface area (Å²) in [5.74, 6) is 0. The van der Waals surface area contributed by atoms with Crippen molar-refractivity contribution in [1.82, 2.24) is 9.66 Å². The van der Waals surface area contributed by atoms with Crippen molar-refractivity contribution in [1.29, 1.82) is 0 Å². The van der Waals surface area contributed by atoms with Gasteiger partial charge in [0, 0.05) is 19.8 Å². The molecule has 0 bridgehead atoms. The third-order valence-corrected chi connectivity index (χ3v) is 3.57. The standard InChI is InChI=1S/C12H13F3N4O4S/c1-18(2)9-4-6-8(5-7(9)12(13,14)15)16-11(21)19(10(6)20)17-24(3,22)23/h4-5,17H,1-3H3,(H,16,21). The molecule has 12 heteroatoms. The fourth-order valence-corrected chi connectivity index (χ4v) is 2.60. The largest absolute Gasteiger partial charge is 0.418 e. The molecule has 0 aliphatic heterocycles. The normalized spacial score (nSPS) is 12.4. The second-order valence-electron chi connectivity index (χ2n) is 5.24. The summed E-state index contributed by atoms with van der Waals surface area (Å²) in [6.45, 7) is 0. The van der Waals surface area contributed by atoms with Gasteiger partial charge in [-0.2, -0.15) is 17.8 Å². The topological polar surface area (TPSA) is 104 Å². The first kappa shape index (κ1) is 17.8. The Morgan fingerprint density at radius 2 is 1.79 bits per heavy atom. The fraction of sp³-hybridized carbons (Fsp3) is 0.333. The Morgan fingerprint density at radius 3 is 2.25 bits per heavy atom. The van der Waals surface area contributed by atoms with Crippen molar-refractivity contribution >= 4 is 26.6 Å². The number of halogens is 3. The molecule has 0 atom stereocenters. The smallest absolute Gasteiger partial charge is 0.377 e. The predicted molar refractivity (Wildman–Crippen MR) is 82.4 cm³/mol. The van der Waals surface area contributed by atoms with Crippen LogP contribution in [0, 0.1) is 0 Å². The van der Waals surface area contributed by atoms with Crippen molar-refractivity contribution in [2.24, 2.45) is 0 Å². The van der Waals surface area contributed by atoms with Crippen LogP contribution in [-0.4, -0.2) is 38.4 Å². The van der Waals surface area contributed by atoms with Crippen LogP contribution in [0.25, 0.3) is 10.9 Å². The van der Waals surface area contributed by atoms with Crippen molar-refractivity contribution in [2.75, 3.05) is 30.1 Å². The number of aromatic nitrogens is 2. The zero-order valence-corrected chi connectivity index (χ0v) is 13.5. The van der Waals surface area contributed by atoms with Crippen LogP contribution in [0.4, 0.5) is 18.9 Å². The summed E-state index contributed by atoms with van der Waals surface area (Å²) in [5, 5.41) is -0.276. The number of nitrogens with zero attached hydrogens (tertiary/aromatic N) is 2. The van der Waals surface area contributed by atoms with E-state index in [1.54, 1.807) is 4.83 Å². The summed E-state index contributed by atoms with van der Waals surface area (Å²) in [5.41, 5.74) is -3.98. The van der Waals surface area contributed by atoms with Crippen LogP contribution in [0.1, 0.15) is 5.56 Å². The van der Waals surface area contributed by atoms with Crippen molar-refractivity contribution in [2.45, 2.75) is 6.18 Å². The zero-order chi connectivity index (χ0) is 18.4. The first-order chi connectivity index (χ1) is 10.8. The average molecular weight is 366 g/mol. The molecule has 1 aromatic carbocycles. The van der Waals surface area contributed by atoms with E-state index >= 15 is 0 Å². The van der Waals surface area contributed by atoms with Gasteiger partial charge in [-0.1, -0.05) is 0 Å². The molecule has 0 fully saturated rings. The molecule has 0 radical (unpaired) electrons. The Labute approximate surface area is 133 Å². The molecule has 0 spiro atoms. The third-order valence-electron chi connectivity index (χ3n) is 3.06. The summed E-state index contributed by atoms with van der Waals surface area (Å²) in [7, 11) is -1.23. The van der Waals surface area contributed by atoms with Gasteiger partial charge in [-0.3, -0.25) is 4.79 Å². The Bertz CT molecular complexity index is 1020. The number of anilines is 1. The van der Waals surface area contributed by atoms with Gasteiger partial charge in [-0.25, -0.2) is 18.0 Å². The minimum atomic E-state index is -4.70. The number of hydrogen-bond acceptors (Lipinski definition) is 5. The van der Waals surface area contributed by atoms with Gasteiger partial charge < -0.3 is 9.88 Å². The van der Waals surface area contributed by atoms with E-state index in [4.69, 9.17) is 0 Å². The van der Waals surface area contributed by atoms with Crippen LogP contribution < -0.4 is 21.0 Å². The third kappa shape index (κ3) is 3.37. The number of fused-ring (bicyclic) bond motifs is 1. The minimum Gasteiger partial charge on any atom is -0.377 e. The molecule has 2 N–H and O–H groups in total. The van der Waals surface area contributed by atoms with Gasteiger partial charge in [-0.05, 0) is 12.1 Å². The Morgan fingerprint density at radius 1 is 1.21 bits per heavy atom. The Kier molecular flexibility index (Phi) is 4.12. The molecule has 0 aliphatic rings. The van der Waals surface area contributed by atoms with E-state index in [1.807, 2.05) is 0 Å². The second-order valence-corrected chi connectivity index (χ2v) is 6.97. The average Bonchev–Trinajstić information content (AvgIpc) is 2.40. The summed E-state index contributed by atoms with van der Waals surface area (Å²) < 4.78 is 62.1. The van der Waals surface area contributed by atoms with Gasteiger partial charge in [0.1, 0.15) is 0 Å². The van der Waals surface area contributed by atoms with Crippen LogP contribution in [0.2, 0.25) is 0 Å². The van der Waals surface area contributed by atoms with E-state index in [-0.39, 0.29) is 21.3 Å². The molecule has 0 aliphatic carbocycles. The number of alkyl halides is 3. The van der Waals surface area contributed by atoms with Crippen molar-refractivity contribution < 1.29 is 21.6 Å². The number of H-pyrrole nitrogens is 1. The van der Waals surface area contributed by atoms with Crippen LogP contribution in [0.15, 0.2) is 21.7 Å². The second kappa shape index (κ2) is 5.54. The summed E-state index contributed by atoms with van der Waals surface area (Å²) in [6, 6.07) is 1.58. The molecule has 0 saturated carbocycles. The van der Waals surface area contributed by atoms with Crippen LogP contribution >= 0.6 is 0 Å². The van der Waals surface area contributed by atoms with Crippen LogP contribution in [0.3, 0.4) is 0 Å². The minimum absolute atomic E-state index is 0.185. The number of benzene rings is 1. The number of hydrogen-bond donors (Lipinski definition) is 2. The summed E-state index contributed by atoms with van der Waals surface area (Å²) >= 11 is 0. The van der Waals surface area contributed by atoms with Gasteiger partial charge in [0.15, 0.2) is 0 Å². The number of sulfonamides is 1. The highest BCUT2D eigenvalue weighted by atomic mass is 32.2. The molecule has 2 aromatic rings. The molecular weight excluding hydrogens is 353 g/mol. The highest BCUT2D eigenvalue weighted by Crippen LogP contribution is 2.37. The fourth-order valence-electron chi connectivity index (χ4n) is 2.10. The van der Waals surface area contributed by atoms with E-state index in [0.717, 1.165) is 17.2 Å². The molecule has 24 heavy (non-hydrogen) atoms. The molecule has 1 heterocycles. The molecule has 0 saturated heterocycles. The first-order valence-corrected chi connectivity index (χ1v) is 8.26. The predicted octanol–water partition coefficient (Wildman–Crippen LogP) is 0.278. The zero-order valence-electron chi connectivity index (χ0n) is 12.7. The molecule has 1 aromatic heterocycles. The van der Waals surface area contributed by atoms with E-state index in [0.29, 0.717) is 6.07 Å². The molecule has 2 rings (SSSR count). The van der Waals surface area contributed by atoms with E-state index in [2.05, 4.69) is 4.98 Å². The van der Waals surface area contributed by atoms with Crippen molar-refractivity contribution in [3.8, 4) is 0 Å². The molecule has 0 amide bonds. The Balaban J connectivity index is 2.90. The Hall–Kier alpha value is -2.50. The van der Waals surface area contributed by atoms with Gasteiger partial charge >= 0.3 is 11.9 Å². The van der Waals surface area contributed by atoms with Gasteiger partial charge in [0.05, 0.1) is 22.7 Å². The summed E-state index contributed by atoms with van der Waals surface area (Å²) in [4.78, 5) is 29.0. The highest BCUT2D eigenvalue weighted by molar-refractivity contribution is 7.91. The number of rotatable bonds is 3. The van der Waals surface area contributed by atoms with Gasteiger partial charge in [0.2, 0.25) is 10.0 Å². The lowest BCUT2D eigenvalue weighted by Crippen LogP contribution is -2.43. The SMILES string of the molecule is CN(C)c1cc2c(=O)n(NS(C)(=O)=O)c(=O)[nH]c2cc1C(F)(F)F. The van der Waals surface area contributed by atoms with E-state index in [9.17, 15) is 31.2 Å². The molecule has 132 valence electrons.